The van der Waals surface area contributed by atoms with Crippen molar-refractivity contribution in [3.05, 3.63) is 0 Å². The van der Waals surface area contributed by atoms with Crippen molar-refractivity contribution in [3.63, 3.8) is 0 Å². The van der Waals surface area contributed by atoms with Gasteiger partial charge in [0.2, 0.25) is 6.08 Å². The molecule has 4 fully saturated rings. The summed E-state index contributed by atoms with van der Waals surface area (Å²) in [4.78, 5) is 25.9. The van der Waals surface area contributed by atoms with Crippen LogP contribution in [0.2, 0.25) is 0 Å². The van der Waals surface area contributed by atoms with Gasteiger partial charge in [-0.15, -0.1) is 0 Å². The zero-order valence-corrected chi connectivity index (χ0v) is 10.1. The molecule has 0 radical (unpaired) electrons. The van der Waals surface area contributed by atoms with Crippen molar-refractivity contribution >= 4 is 12.0 Å². The van der Waals surface area contributed by atoms with Crippen molar-refractivity contribution in [2.45, 2.75) is 56.6 Å². The molecular formula is C13H17NO3. The third-order valence-electron chi connectivity index (χ3n) is 4.62. The van der Waals surface area contributed by atoms with E-state index in [1.54, 1.807) is 6.08 Å². The van der Waals surface area contributed by atoms with Gasteiger partial charge in [0.05, 0.1) is 5.54 Å². The predicted octanol–water partition coefficient (Wildman–Crippen LogP) is 1.98. The van der Waals surface area contributed by atoms with Crippen molar-refractivity contribution in [1.82, 2.24) is 0 Å². The number of carbonyl (C=O) groups is 1. The lowest BCUT2D eigenvalue weighted by molar-refractivity contribution is -0.186. The number of rotatable bonds is 2. The van der Waals surface area contributed by atoms with Crippen LogP contribution in [-0.4, -0.2) is 23.2 Å². The molecule has 4 aliphatic rings. The smallest absolute Gasteiger partial charge is 0.303 e. The predicted molar refractivity (Wildman–Crippen MR) is 60.0 cm³/mol. The van der Waals surface area contributed by atoms with Crippen LogP contribution in [0.3, 0.4) is 0 Å². The number of aliphatic imine (C=N–C) groups is 1. The highest BCUT2D eigenvalue weighted by Gasteiger charge is 2.59. The molecule has 0 aromatic carbocycles. The Balaban J connectivity index is 1.94. The molecule has 92 valence electrons. The maximum atomic E-state index is 11.3. The Kier molecular flexibility index (Phi) is 2.21. The summed E-state index contributed by atoms with van der Waals surface area (Å²) in [6.07, 6.45) is 7.52. The Hall–Kier alpha value is -1.15. The summed E-state index contributed by atoms with van der Waals surface area (Å²) in [5, 5.41) is 0. The second-order valence-electron chi connectivity index (χ2n) is 6.17. The van der Waals surface area contributed by atoms with Crippen molar-refractivity contribution < 1.29 is 14.3 Å². The lowest BCUT2D eigenvalue weighted by Gasteiger charge is -2.59. The molecule has 4 rings (SSSR count). The summed E-state index contributed by atoms with van der Waals surface area (Å²) < 4.78 is 5.59. The van der Waals surface area contributed by atoms with Gasteiger partial charge in [-0.2, -0.15) is 4.99 Å². The molecule has 0 saturated heterocycles. The van der Waals surface area contributed by atoms with Crippen LogP contribution in [0.4, 0.5) is 0 Å². The van der Waals surface area contributed by atoms with E-state index < -0.39 is 0 Å². The second-order valence-corrected chi connectivity index (χ2v) is 6.17. The first-order valence-electron chi connectivity index (χ1n) is 6.33. The minimum atomic E-state index is -0.337. The van der Waals surface area contributed by atoms with Crippen LogP contribution in [0.15, 0.2) is 4.99 Å². The first kappa shape index (κ1) is 11.0. The number of hydrogen-bond donors (Lipinski definition) is 0. The van der Waals surface area contributed by atoms with E-state index in [9.17, 15) is 9.59 Å². The Morgan fingerprint density at radius 2 is 1.94 bits per heavy atom. The highest BCUT2D eigenvalue weighted by Crippen LogP contribution is 2.60. The molecule has 4 bridgehead atoms. The summed E-state index contributed by atoms with van der Waals surface area (Å²) >= 11 is 0. The highest BCUT2D eigenvalue weighted by atomic mass is 16.6. The number of hydrogen-bond acceptors (Lipinski definition) is 4. The molecule has 0 spiro atoms. The first-order valence-corrected chi connectivity index (χ1v) is 6.33. The number of ether oxygens (including phenoxy) is 1. The molecular weight excluding hydrogens is 218 g/mol. The van der Waals surface area contributed by atoms with Crippen LogP contribution in [0.25, 0.3) is 0 Å². The van der Waals surface area contributed by atoms with Crippen LogP contribution in [0, 0.1) is 11.8 Å². The molecule has 2 atom stereocenters. The van der Waals surface area contributed by atoms with E-state index in [0.717, 1.165) is 32.1 Å². The minimum Gasteiger partial charge on any atom is -0.459 e. The van der Waals surface area contributed by atoms with Gasteiger partial charge in [-0.3, -0.25) is 4.79 Å². The van der Waals surface area contributed by atoms with E-state index in [2.05, 4.69) is 4.99 Å². The molecule has 17 heavy (non-hydrogen) atoms. The summed E-state index contributed by atoms with van der Waals surface area (Å²) in [6.45, 7) is 1.47. The average molecular weight is 235 g/mol. The van der Waals surface area contributed by atoms with Gasteiger partial charge in [0.15, 0.2) is 0 Å². The van der Waals surface area contributed by atoms with Crippen molar-refractivity contribution in [2.24, 2.45) is 16.8 Å². The van der Waals surface area contributed by atoms with Crippen molar-refractivity contribution in [2.75, 3.05) is 0 Å². The zero-order chi connectivity index (χ0) is 12.1. The quantitative estimate of drug-likeness (QED) is 0.418. The summed E-state index contributed by atoms with van der Waals surface area (Å²) in [5.74, 6) is 0.914. The average Bonchev–Trinajstić information content (AvgIpc) is 2.11. The summed E-state index contributed by atoms with van der Waals surface area (Å²) in [6, 6.07) is 0. The van der Waals surface area contributed by atoms with Crippen LogP contribution >= 0.6 is 0 Å². The van der Waals surface area contributed by atoms with Crippen molar-refractivity contribution in [1.29, 1.82) is 0 Å². The Labute approximate surface area is 100 Å². The largest absolute Gasteiger partial charge is 0.459 e. The van der Waals surface area contributed by atoms with E-state index in [-0.39, 0.29) is 17.1 Å². The zero-order valence-electron chi connectivity index (χ0n) is 10.1. The molecule has 0 aromatic heterocycles. The van der Waals surface area contributed by atoms with Gasteiger partial charge in [-0.25, -0.2) is 4.79 Å². The van der Waals surface area contributed by atoms with Gasteiger partial charge in [-0.05, 0) is 43.9 Å². The molecule has 4 heteroatoms. The fourth-order valence-electron chi connectivity index (χ4n) is 4.78. The Morgan fingerprint density at radius 3 is 2.47 bits per heavy atom. The van der Waals surface area contributed by atoms with E-state index in [1.165, 1.54) is 13.3 Å². The molecule has 4 aliphatic carbocycles. The standard InChI is InChI=1S/C13H17NO3/c1-9(16)17-13-5-10-2-11(6-13)4-12(3-10,7-13)14-8-15/h10-11H,2-7H2,1H3. The Bertz CT molecular complexity index is 397. The number of carbonyl (C=O) groups excluding carboxylic acids is 2. The third kappa shape index (κ3) is 1.71. The minimum absolute atomic E-state index is 0.211. The summed E-state index contributed by atoms with van der Waals surface area (Å²) in [5.41, 5.74) is -0.614. The van der Waals surface area contributed by atoms with Gasteiger partial charge < -0.3 is 4.74 Å². The first-order chi connectivity index (χ1) is 8.05. The molecule has 4 saturated carbocycles. The maximum Gasteiger partial charge on any atom is 0.303 e. The van der Waals surface area contributed by atoms with E-state index in [4.69, 9.17) is 4.74 Å². The Morgan fingerprint density at radius 1 is 1.29 bits per heavy atom. The molecule has 4 nitrogen and oxygen atoms in total. The molecule has 0 heterocycles. The van der Waals surface area contributed by atoms with Crippen LogP contribution in [-0.2, 0) is 14.3 Å². The van der Waals surface area contributed by atoms with Gasteiger partial charge in [0.1, 0.15) is 5.60 Å². The highest BCUT2D eigenvalue weighted by molar-refractivity contribution is 5.66. The third-order valence-corrected chi connectivity index (χ3v) is 4.62. The molecule has 0 amide bonds. The number of nitrogens with zero attached hydrogens (tertiary/aromatic N) is 1. The maximum absolute atomic E-state index is 11.3. The van der Waals surface area contributed by atoms with Crippen LogP contribution < -0.4 is 0 Å². The fourth-order valence-corrected chi connectivity index (χ4v) is 4.78. The van der Waals surface area contributed by atoms with E-state index >= 15 is 0 Å². The van der Waals surface area contributed by atoms with Crippen molar-refractivity contribution in [3.8, 4) is 0 Å². The number of esters is 1. The van der Waals surface area contributed by atoms with Crippen LogP contribution in [0.1, 0.15) is 45.4 Å². The molecule has 2 unspecified atom stereocenters. The van der Waals surface area contributed by atoms with Gasteiger partial charge in [0.25, 0.3) is 0 Å². The normalized spacial score (nSPS) is 46.4. The van der Waals surface area contributed by atoms with Crippen LogP contribution in [0.5, 0.6) is 0 Å². The fraction of sp³-hybridized carbons (Fsp3) is 0.846. The van der Waals surface area contributed by atoms with E-state index in [1.807, 2.05) is 0 Å². The lowest BCUT2D eigenvalue weighted by atomic mass is 9.51. The summed E-state index contributed by atoms with van der Waals surface area (Å²) in [7, 11) is 0. The second kappa shape index (κ2) is 3.42. The SMILES string of the molecule is CC(=O)OC12CC3CC(CC(N=C=O)(C3)C1)C2. The molecule has 0 N–H and O–H groups in total. The number of isocyanates is 1. The van der Waals surface area contributed by atoms with E-state index in [0.29, 0.717) is 11.8 Å². The van der Waals surface area contributed by atoms with Gasteiger partial charge in [0, 0.05) is 13.3 Å². The van der Waals surface area contributed by atoms with Gasteiger partial charge >= 0.3 is 5.97 Å². The topological polar surface area (TPSA) is 55.7 Å². The molecule has 0 aliphatic heterocycles. The molecule has 0 aromatic rings. The monoisotopic (exact) mass is 235 g/mol. The lowest BCUT2D eigenvalue weighted by Crippen LogP contribution is -2.59. The van der Waals surface area contributed by atoms with Gasteiger partial charge in [-0.1, -0.05) is 0 Å².